The molecule has 0 saturated heterocycles. The highest BCUT2D eigenvalue weighted by atomic mass is 35.5. The van der Waals surface area contributed by atoms with E-state index in [9.17, 15) is 8.78 Å². The number of alkyl halides is 2. The fraction of sp³-hybridized carbons (Fsp3) is 0.250. The van der Waals surface area contributed by atoms with E-state index in [0.29, 0.717) is 10.8 Å². The molecule has 2 aromatic rings. The van der Waals surface area contributed by atoms with E-state index in [1.54, 1.807) is 12.1 Å². The maximum Gasteiger partial charge on any atom is 0.297 e. The van der Waals surface area contributed by atoms with E-state index in [1.807, 2.05) is 13.0 Å². The molecule has 0 aliphatic carbocycles. The second kappa shape index (κ2) is 5.35. The van der Waals surface area contributed by atoms with Crippen LogP contribution in [0, 0.1) is 6.92 Å². The summed E-state index contributed by atoms with van der Waals surface area (Å²) in [7, 11) is 0. The molecule has 3 nitrogen and oxygen atoms in total. The number of ether oxygens (including phenoxy) is 1. The molecule has 0 aliphatic rings. The zero-order valence-corrected chi connectivity index (χ0v) is 10.2. The van der Waals surface area contributed by atoms with Gasteiger partial charge in [0.15, 0.2) is 12.2 Å². The van der Waals surface area contributed by atoms with Crippen molar-refractivity contribution < 1.29 is 17.9 Å². The molecule has 0 spiro atoms. The lowest BCUT2D eigenvalue weighted by Crippen LogP contribution is -2.00. The van der Waals surface area contributed by atoms with Crippen molar-refractivity contribution in [2.75, 3.05) is 0 Å². The molecule has 6 heteroatoms. The molecule has 0 radical (unpaired) electrons. The second-order valence-corrected chi connectivity index (χ2v) is 4.09. The third-order valence-corrected chi connectivity index (χ3v) is 2.63. The van der Waals surface area contributed by atoms with Crippen molar-refractivity contribution in [1.29, 1.82) is 0 Å². The van der Waals surface area contributed by atoms with Crippen LogP contribution in [0.1, 0.15) is 23.4 Å². The van der Waals surface area contributed by atoms with Crippen LogP contribution >= 0.6 is 11.6 Å². The van der Waals surface area contributed by atoms with Crippen LogP contribution in [0.3, 0.4) is 0 Å². The van der Waals surface area contributed by atoms with Gasteiger partial charge in [-0.25, -0.2) is 13.8 Å². The van der Waals surface area contributed by atoms with Crippen LogP contribution in [-0.4, -0.2) is 4.98 Å². The predicted molar refractivity (Wildman–Crippen MR) is 62.0 cm³/mol. The molecule has 1 aromatic heterocycles. The van der Waals surface area contributed by atoms with Crippen LogP contribution in [0.15, 0.2) is 29.0 Å². The van der Waals surface area contributed by atoms with Gasteiger partial charge in [0.1, 0.15) is 18.1 Å². The summed E-state index contributed by atoms with van der Waals surface area (Å²) in [6.07, 6.45) is -1.74. The molecule has 0 unspecified atom stereocenters. The highest BCUT2D eigenvalue weighted by molar-refractivity contribution is 6.32. The average Bonchev–Trinajstić information content (AvgIpc) is 2.79. The molecule has 1 aromatic carbocycles. The Hall–Kier alpha value is -1.62. The van der Waals surface area contributed by atoms with Crippen LogP contribution in [0.25, 0.3) is 0 Å². The predicted octanol–water partition coefficient (Wildman–Crippen LogP) is 4.15. The van der Waals surface area contributed by atoms with Crippen LogP contribution in [0.5, 0.6) is 5.75 Å². The van der Waals surface area contributed by atoms with E-state index in [4.69, 9.17) is 16.3 Å². The lowest BCUT2D eigenvalue weighted by molar-refractivity contribution is 0.118. The van der Waals surface area contributed by atoms with Crippen LogP contribution in [0.2, 0.25) is 5.02 Å². The summed E-state index contributed by atoms with van der Waals surface area (Å²) in [5.74, 6) is -0.0429. The highest BCUT2D eigenvalue weighted by Crippen LogP contribution is 2.27. The van der Waals surface area contributed by atoms with Crippen molar-refractivity contribution in [1.82, 2.24) is 4.98 Å². The molecule has 0 amide bonds. The summed E-state index contributed by atoms with van der Waals surface area (Å²) in [6, 6.07) is 5.24. The van der Waals surface area contributed by atoms with Gasteiger partial charge in [0.25, 0.3) is 6.43 Å². The molecule has 0 fully saturated rings. The number of rotatable bonds is 4. The number of halogens is 3. The SMILES string of the molecule is Cc1ccc(Cl)c(OCc2ncoc2C(F)F)c1. The number of benzene rings is 1. The van der Waals surface area contributed by atoms with E-state index >= 15 is 0 Å². The van der Waals surface area contributed by atoms with Gasteiger partial charge in [0, 0.05) is 0 Å². The first-order valence-electron chi connectivity index (χ1n) is 5.17. The lowest BCUT2D eigenvalue weighted by Gasteiger charge is -2.08. The number of hydrogen-bond donors (Lipinski definition) is 0. The number of aryl methyl sites for hydroxylation is 1. The zero-order valence-electron chi connectivity index (χ0n) is 9.49. The number of hydrogen-bond acceptors (Lipinski definition) is 3. The molecular formula is C12H10ClF2NO2. The van der Waals surface area contributed by atoms with E-state index in [0.717, 1.165) is 12.0 Å². The van der Waals surface area contributed by atoms with Gasteiger partial charge in [-0.1, -0.05) is 17.7 Å². The van der Waals surface area contributed by atoms with Crippen molar-refractivity contribution >= 4 is 11.6 Å². The smallest absolute Gasteiger partial charge is 0.297 e. The highest BCUT2D eigenvalue weighted by Gasteiger charge is 2.19. The minimum absolute atomic E-state index is 0.0718. The van der Waals surface area contributed by atoms with Crippen LogP contribution in [-0.2, 0) is 6.61 Å². The van der Waals surface area contributed by atoms with Gasteiger partial charge in [-0.3, -0.25) is 0 Å². The summed E-state index contributed by atoms with van der Waals surface area (Å²) < 4.78 is 35.0. The molecule has 0 atom stereocenters. The Labute approximate surface area is 107 Å². The number of aromatic nitrogens is 1. The summed E-state index contributed by atoms with van der Waals surface area (Å²) in [4.78, 5) is 3.69. The Morgan fingerprint density at radius 1 is 1.44 bits per heavy atom. The first-order valence-corrected chi connectivity index (χ1v) is 5.55. The van der Waals surface area contributed by atoms with Gasteiger partial charge in [-0.15, -0.1) is 0 Å². The Balaban J connectivity index is 2.11. The number of nitrogens with zero attached hydrogens (tertiary/aromatic N) is 1. The minimum atomic E-state index is -2.71. The third-order valence-electron chi connectivity index (χ3n) is 2.32. The van der Waals surface area contributed by atoms with Crippen molar-refractivity contribution in [2.45, 2.75) is 20.0 Å². The molecule has 0 bridgehead atoms. The summed E-state index contributed by atoms with van der Waals surface area (Å²) in [5.41, 5.74) is 1.03. The van der Waals surface area contributed by atoms with Crippen molar-refractivity contribution in [2.24, 2.45) is 0 Å². The first-order chi connectivity index (χ1) is 8.58. The van der Waals surface area contributed by atoms with Gasteiger partial charge in [-0.2, -0.15) is 0 Å². The largest absolute Gasteiger partial charge is 0.486 e. The zero-order chi connectivity index (χ0) is 13.1. The van der Waals surface area contributed by atoms with Gasteiger partial charge < -0.3 is 9.15 Å². The van der Waals surface area contributed by atoms with Crippen LogP contribution < -0.4 is 4.74 Å². The van der Waals surface area contributed by atoms with Gasteiger partial charge in [-0.05, 0) is 24.6 Å². The average molecular weight is 274 g/mol. The van der Waals surface area contributed by atoms with Gasteiger partial charge >= 0.3 is 0 Å². The minimum Gasteiger partial charge on any atom is -0.486 e. The maximum absolute atomic E-state index is 12.5. The van der Waals surface area contributed by atoms with Crippen molar-refractivity contribution in [3.8, 4) is 5.75 Å². The topological polar surface area (TPSA) is 35.3 Å². The van der Waals surface area contributed by atoms with Crippen molar-refractivity contribution in [3.63, 3.8) is 0 Å². The summed E-state index contributed by atoms with van der Waals surface area (Å²) in [5, 5.41) is 0.419. The van der Waals surface area contributed by atoms with Crippen LogP contribution in [0.4, 0.5) is 8.78 Å². The fourth-order valence-corrected chi connectivity index (χ4v) is 1.60. The molecule has 0 N–H and O–H groups in total. The molecule has 96 valence electrons. The van der Waals surface area contributed by atoms with E-state index in [1.165, 1.54) is 0 Å². The molecule has 0 aliphatic heterocycles. The van der Waals surface area contributed by atoms with E-state index in [-0.39, 0.29) is 12.3 Å². The van der Waals surface area contributed by atoms with E-state index in [2.05, 4.69) is 9.40 Å². The second-order valence-electron chi connectivity index (χ2n) is 3.69. The molecule has 0 saturated carbocycles. The summed E-state index contributed by atoms with van der Waals surface area (Å²) >= 11 is 5.92. The fourth-order valence-electron chi connectivity index (χ4n) is 1.43. The van der Waals surface area contributed by atoms with Gasteiger partial charge in [0.2, 0.25) is 0 Å². The summed E-state index contributed by atoms with van der Waals surface area (Å²) in [6.45, 7) is 1.77. The molecule has 18 heavy (non-hydrogen) atoms. The van der Waals surface area contributed by atoms with E-state index < -0.39 is 12.2 Å². The maximum atomic E-state index is 12.5. The number of oxazole rings is 1. The van der Waals surface area contributed by atoms with Crippen molar-refractivity contribution in [3.05, 3.63) is 46.6 Å². The monoisotopic (exact) mass is 273 g/mol. The van der Waals surface area contributed by atoms with Gasteiger partial charge in [0.05, 0.1) is 5.02 Å². The Morgan fingerprint density at radius 2 is 2.22 bits per heavy atom. The molecule has 2 rings (SSSR count). The Morgan fingerprint density at radius 3 is 2.94 bits per heavy atom. The Bertz CT molecular complexity index is 543. The lowest BCUT2D eigenvalue weighted by atomic mass is 10.2. The molecular weight excluding hydrogens is 264 g/mol. The quantitative estimate of drug-likeness (QED) is 0.839. The standard InChI is InChI=1S/C12H10ClF2NO2/c1-7-2-3-8(13)10(4-7)17-5-9-11(12(14)15)18-6-16-9/h2-4,6,12H,5H2,1H3. The third kappa shape index (κ3) is 2.79. The molecule has 1 heterocycles. The Kier molecular flexibility index (Phi) is 3.81. The normalized spacial score (nSPS) is 10.9. The first kappa shape index (κ1) is 12.8.